The lowest BCUT2D eigenvalue weighted by Gasteiger charge is -2.47. The second kappa shape index (κ2) is 8.79. The molecule has 0 aromatic rings. The molecule has 3 N–H and O–H groups in total. The van der Waals surface area contributed by atoms with Crippen molar-refractivity contribution in [3.05, 3.63) is 0 Å². The molecule has 1 atom stereocenters. The maximum Gasteiger partial charge on any atom is 0.124 e. The van der Waals surface area contributed by atoms with Crippen LogP contribution in [0.3, 0.4) is 0 Å². The van der Waals surface area contributed by atoms with Crippen LogP contribution in [-0.4, -0.2) is 59.9 Å². The molecule has 0 bridgehead atoms. The fraction of sp³-hybridized carbons (Fsp3) is 0.933. The number of aliphatic hydroxyl groups excluding tert-OH is 1. The van der Waals surface area contributed by atoms with Crippen LogP contribution in [0.4, 0.5) is 0 Å². The fourth-order valence-corrected chi connectivity index (χ4v) is 2.93. The van der Waals surface area contributed by atoms with Gasteiger partial charge in [0, 0.05) is 25.9 Å². The van der Waals surface area contributed by atoms with Crippen molar-refractivity contribution in [3.8, 4) is 0 Å². The molecule has 0 unspecified atom stereocenters. The van der Waals surface area contributed by atoms with Crippen molar-refractivity contribution in [2.75, 3.05) is 20.3 Å². The van der Waals surface area contributed by atoms with E-state index in [0.29, 0.717) is 5.06 Å². The zero-order chi connectivity index (χ0) is 17.6. The van der Waals surface area contributed by atoms with Crippen LogP contribution in [0.5, 0.6) is 0 Å². The molecule has 1 fully saturated rings. The number of hydrogen-bond donors (Lipinski definition) is 3. The van der Waals surface area contributed by atoms with E-state index in [4.69, 9.17) is 19.4 Å². The van der Waals surface area contributed by atoms with E-state index in [0.717, 1.165) is 19.8 Å². The summed E-state index contributed by atoms with van der Waals surface area (Å²) < 4.78 is 10.6. The van der Waals surface area contributed by atoms with Crippen LogP contribution in [0.2, 0.25) is 0 Å². The summed E-state index contributed by atoms with van der Waals surface area (Å²) in [5, 5.41) is 29.3. The zero-order valence-corrected chi connectivity index (χ0v) is 14.5. The Kier molecular flexibility index (Phi) is 8.49. The van der Waals surface area contributed by atoms with Gasteiger partial charge in [0.15, 0.2) is 0 Å². The molecule has 1 saturated heterocycles. The van der Waals surface area contributed by atoms with E-state index in [2.05, 4.69) is 0 Å². The summed E-state index contributed by atoms with van der Waals surface area (Å²) in [7, 11) is 1.56. The SMILES string of the molecule is CC(=O)[O-].COC[C@@H](O)COC1CC(C)(C)[NH+](O)C(C)(C)C1. The molecule has 0 radical (unpaired) electrons. The van der Waals surface area contributed by atoms with Crippen molar-refractivity contribution in [2.45, 2.75) is 70.7 Å². The van der Waals surface area contributed by atoms with Gasteiger partial charge in [-0.2, -0.15) is 5.06 Å². The Labute approximate surface area is 132 Å². The molecular weight excluding hydrogens is 290 g/mol. The van der Waals surface area contributed by atoms with Gasteiger partial charge in [0.05, 0.1) is 19.3 Å². The highest BCUT2D eigenvalue weighted by Gasteiger charge is 2.49. The van der Waals surface area contributed by atoms with E-state index in [-0.39, 0.29) is 30.4 Å². The summed E-state index contributed by atoms with van der Waals surface area (Å²) in [6.07, 6.45) is 1.04. The largest absolute Gasteiger partial charge is 0.550 e. The Hall–Kier alpha value is -0.730. The van der Waals surface area contributed by atoms with Crippen LogP contribution in [0.25, 0.3) is 0 Å². The summed E-state index contributed by atoms with van der Waals surface area (Å²) in [5.41, 5.74) is -0.475. The number of carbonyl (C=O) groups is 1. The number of aliphatic carboxylic acids is 1. The Balaban J connectivity index is 0.000000980. The predicted molar refractivity (Wildman–Crippen MR) is 78.4 cm³/mol. The molecule has 0 spiro atoms. The number of quaternary nitrogens is 1. The number of aliphatic hydroxyl groups is 1. The molecule has 0 amide bonds. The zero-order valence-electron chi connectivity index (χ0n) is 14.5. The molecule has 7 heteroatoms. The predicted octanol–water partition coefficient (Wildman–Crippen LogP) is -1.24. The molecule has 1 heterocycles. The van der Waals surface area contributed by atoms with Gasteiger partial charge >= 0.3 is 0 Å². The van der Waals surface area contributed by atoms with Gasteiger partial charge in [0.2, 0.25) is 0 Å². The molecule has 0 aromatic heterocycles. The Bertz CT molecular complexity index is 323. The lowest BCUT2D eigenvalue weighted by Crippen LogP contribution is -3.25. The van der Waals surface area contributed by atoms with E-state index < -0.39 is 12.1 Å². The highest BCUT2D eigenvalue weighted by atomic mass is 16.5. The first-order valence-corrected chi connectivity index (χ1v) is 7.45. The number of hydrogen-bond acceptors (Lipinski definition) is 6. The summed E-state index contributed by atoms with van der Waals surface area (Å²) in [6, 6.07) is 0. The van der Waals surface area contributed by atoms with Crippen LogP contribution in [-0.2, 0) is 14.3 Å². The second-order valence-electron chi connectivity index (χ2n) is 7.08. The van der Waals surface area contributed by atoms with Gasteiger partial charge in [0.1, 0.15) is 17.2 Å². The van der Waals surface area contributed by atoms with Crippen molar-refractivity contribution < 1.29 is 34.8 Å². The smallest absolute Gasteiger partial charge is 0.124 e. The summed E-state index contributed by atoms with van der Waals surface area (Å²) in [4.78, 5) is 8.89. The van der Waals surface area contributed by atoms with Gasteiger partial charge in [0.25, 0.3) is 0 Å². The molecule has 1 aliphatic heterocycles. The molecular formula is C15H31NO6. The average Bonchev–Trinajstić information content (AvgIpc) is 2.32. The Morgan fingerprint density at radius 1 is 1.27 bits per heavy atom. The van der Waals surface area contributed by atoms with Crippen LogP contribution in [0.1, 0.15) is 47.5 Å². The minimum absolute atomic E-state index is 0.0670. The van der Waals surface area contributed by atoms with Crippen molar-refractivity contribution in [2.24, 2.45) is 0 Å². The van der Waals surface area contributed by atoms with Gasteiger partial charge in [-0.3, -0.25) is 0 Å². The molecule has 7 nitrogen and oxygen atoms in total. The van der Waals surface area contributed by atoms with Gasteiger partial charge < -0.3 is 24.5 Å². The van der Waals surface area contributed by atoms with Crippen LogP contribution >= 0.6 is 0 Å². The first-order valence-electron chi connectivity index (χ1n) is 7.45. The van der Waals surface area contributed by atoms with Crippen LogP contribution < -0.4 is 10.2 Å². The molecule has 0 aliphatic carbocycles. The standard InChI is InChI=1S/C13H27NO4.C2H4O2/c1-12(2)6-11(7-13(3,4)14(12)16)18-9-10(15)8-17-5;1-2(3)4/h10-11,15-16H,6-9H2,1-5H3;1H3,(H,3,4)/t10-;/m1./s1. The molecule has 0 aromatic carbocycles. The first-order chi connectivity index (χ1) is 9.92. The lowest BCUT2D eigenvalue weighted by molar-refractivity contribution is -1.16. The molecule has 132 valence electrons. The van der Waals surface area contributed by atoms with E-state index in [1.807, 2.05) is 27.7 Å². The van der Waals surface area contributed by atoms with Crippen LogP contribution in [0.15, 0.2) is 0 Å². The lowest BCUT2D eigenvalue weighted by atomic mass is 9.80. The fourth-order valence-electron chi connectivity index (χ4n) is 2.93. The minimum Gasteiger partial charge on any atom is -0.550 e. The number of carbonyl (C=O) groups excluding carboxylic acids is 1. The topological polar surface area (TPSA) is 103 Å². The van der Waals surface area contributed by atoms with Gasteiger partial charge in [-0.1, -0.05) is 0 Å². The third kappa shape index (κ3) is 7.51. The first kappa shape index (κ1) is 21.3. The normalized spacial score (nSPS) is 27.5. The second-order valence-corrected chi connectivity index (χ2v) is 7.08. The Morgan fingerprint density at radius 2 is 1.68 bits per heavy atom. The maximum atomic E-state index is 10.2. The van der Waals surface area contributed by atoms with E-state index in [1.54, 1.807) is 7.11 Å². The minimum atomic E-state index is -1.08. The molecule has 0 saturated carbocycles. The third-order valence-electron chi connectivity index (χ3n) is 3.64. The number of carboxylic acid groups (broad SMARTS) is 1. The molecule has 22 heavy (non-hydrogen) atoms. The number of rotatable bonds is 5. The van der Waals surface area contributed by atoms with E-state index in [1.165, 1.54) is 0 Å². The van der Waals surface area contributed by atoms with Crippen molar-refractivity contribution >= 4 is 5.97 Å². The highest BCUT2D eigenvalue weighted by Crippen LogP contribution is 2.25. The van der Waals surface area contributed by atoms with Crippen LogP contribution in [0, 0.1) is 0 Å². The van der Waals surface area contributed by atoms with Gasteiger partial charge in [-0.05, 0) is 34.6 Å². The van der Waals surface area contributed by atoms with E-state index >= 15 is 0 Å². The molecule has 1 rings (SSSR count). The number of piperidine rings is 1. The number of nitrogens with one attached hydrogen (secondary N) is 1. The maximum absolute atomic E-state index is 10.2. The molecule has 1 aliphatic rings. The monoisotopic (exact) mass is 321 g/mol. The average molecular weight is 321 g/mol. The third-order valence-corrected chi connectivity index (χ3v) is 3.64. The number of ether oxygens (including phenoxy) is 2. The van der Waals surface area contributed by atoms with Crippen molar-refractivity contribution in [3.63, 3.8) is 0 Å². The van der Waals surface area contributed by atoms with Crippen molar-refractivity contribution in [1.29, 1.82) is 0 Å². The van der Waals surface area contributed by atoms with E-state index in [9.17, 15) is 10.3 Å². The summed E-state index contributed by atoms with van der Waals surface area (Å²) >= 11 is 0. The highest BCUT2D eigenvalue weighted by molar-refractivity contribution is 5.60. The summed E-state index contributed by atoms with van der Waals surface area (Å²) in [5.74, 6) is -1.08. The Morgan fingerprint density at radius 3 is 2.05 bits per heavy atom. The van der Waals surface area contributed by atoms with Gasteiger partial charge in [-0.25, -0.2) is 5.21 Å². The summed E-state index contributed by atoms with van der Waals surface area (Å²) in [6.45, 7) is 9.68. The van der Waals surface area contributed by atoms with Crippen molar-refractivity contribution in [1.82, 2.24) is 0 Å². The quantitative estimate of drug-likeness (QED) is 0.585. The number of methoxy groups -OCH3 is 1. The van der Waals surface area contributed by atoms with Gasteiger partial charge in [-0.15, -0.1) is 0 Å². The number of hydroxylamine groups is 2. The number of carboxylic acids is 1.